The van der Waals surface area contributed by atoms with Crippen molar-refractivity contribution in [2.75, 3.05) is 25.0 Å². The van der Waals surface area contributed by atoms with Gasteiger partial charge in [-0.2, -0.15) is 0 Å². The number of amides is 1. The maximum atomic E-state index is 13.3. The fraction of sp³-hybridized carbons (Fsp3) is 0.364. The number of rotatable bonds is 4. The number of anilines is 1. The van der Waals surface area contributed by atoms with E-state index in [1.165, 1.54) is 13.1 Å². The monoisotopic (exact) mass is 228 g/mol. The summed E-state index contributed by atoms with van der Waals surface area (Å²) in [7, 11) is 1.45. The number of benzene rings is 1. The molecule has 0 aliphatic heterocycles. The van der Waals surface area contributed by atoms with Crippen LogP contribution in [0.3, 0.4) is 0 Å². The number of nitrogens with zero attached hydrogens (tertiary/aromatic N) is 1. The second-order valence-electron chi connectivity index (χ2n) is 3.33. The minimum atomic E-state index is -0.743. The fourth-order valence-electron chi connectivity index (χ4n) is 1.24. The summed E-state index contributed by atoms with van der Waals surface area (Å²) >= 11 is 0. The summed E-state index contributed by atoms with van der Waals surface area (Å²) in [6, 6.07) is 3.12. The number of carbonyl (C=O) groups excluding carboxylic acids is 1. The van der Waals surface area contributed by atoms with Crippen molar-refractivity contribution in [3.63, 3.8) is 0 Å². The van der Waals surface area contributed by atoms with Crippen molar-refractivity contribution >= 4 is 11.6 Å². The molecule has 1 N–H and O–H groups in total. The van der Waals surface area contributed by atoms with Gasteiger partial charge in [0.25, 0.3) is 0 Å². The summed E-state index contributed by atoms with van der Waals surface area (Å²) in [5.41, 5.74) is 0.0734. The summed E-state index contributed by atoms with van der Waals surface area (Å²) < 4.78 is 26.0. The smallest absolute Gasteiger partial charge is 0.240 e. The first kappa shape index (κ1) is 12.6. The van der Waals surface area contributed by atoms with E-state index in [9.17, 15) is 13.6 Å². The third-order valence-electron chi connectivity index (χ3n) is 2.17. The normalized spacial score (nSPS) is 10.2. The molecule has 0 radical (unpaired) electrons. The van der Waals surface area contributed by atoms with Crippen LogP contribution in [-0.2, 0) is 4.79 Å². The van der Waals surface area contributed by atoms with Gasteiger partial charge >= 0.3 is 0 Å². The van der Waals surface area contributed by atoms with Gasteiger partial charge in [0.2, 0.25) is 5.91 Å². The van der Waals surface area contributed by atoms with Gasteiger partial charge < -0.3 is 10.2 Å². The van der Waals surface area contributed by atoms with Crippen LogP contribution in [0.15, 0.2) is 18.2 Å². The lowest BCUT2D eigenvalue weighted by molar-refractivity contribution is -0.117. The molecule has 1 aromatic carbocycles. The molecule has 0 spiro atoms. The van der Waals surface area contributed by atoms with Gasteiger partial charge in [-0.3, -0.25) is 4.79 Å². The summed E-state index contributed by atoms with van der Waals surface area (Å²) in [4.78, 5) is 12.7. The largest absolute Gasteiger partial charge is 0.312 e. The average Bonchev–Trinajstić information content (AvgIpc) is 2.25. The molecule has 88 valence electrons. The first-order chi connectivity index (χ1) is 7.56. The highest BCUT2D eigenvalue weighted by Gasteiger charge is 2.14. The number of carbonyl (C=O) groups is 1. The fourth-order valence-corrected chi connectivity index (χ4v) is 1.24. The molecule has 5 heteroatoms. The number of halogens is 2. The molecule has 0 aromatic heterocycles. The van der Waals surface area contributed by atoms with Gasteiger partial charge in [0.15, 0.2) is 0 Å². The zero-order chi connectivity index (χ0) is 12.1. The summed E-state index contributed by atoms with van der Waals surface area (Å²) in [5.74, 6) is -1.67. The second kappa shape index (κ2) is 5.55. The van der Waals surface area contributed by atoms with Crippen LogP contribution in [-0.4, -0.2) is 26.0 Å². The lowest BCUT2D eigenvalue weighted by Crippen LogP contribution is -2.35. The Labute approximate surface area is 93.1 Å². The van der Waals surface area contributed by atoms with E-state index in [-0.39, 0.29) is 18.1 Å². The second-order valence-corrected chi connectivity index (χ2v) is 3.33. The predicted octanol–water partition coefficient (Wildman–Crippen LogP) is 1.54. The van der Waals surface area contributed by atoms with Gasteiger partial charge in [0.1, 0.15) is 11.6 Å². The molecule has 0 aliphatic carbocycles. The number of likely N-dealkylation sites (N-methyl/N-ethyl adjacent to an activating group) is 2. The lowest BCUT2D eigenvalue weighted by Gasteiger charge is -2.18. The van der Waals surface area contributed by atoms with Crippen LogP contribution in [0.25, 0.3) is 0 Å². The van der Waals surface area contributed by atoms with Crippen molar-refractivity contribution in [3.8, 4) is 0 Å². The Balaban J connectivity index is 2.79. The van der Waals surface area contributed by atoms with Crippen molar-refractivity contribution in [1.82, 2.24) is 5.32 Å². The Morgan fingerprint density at radius 3 is 2.69 bits per heavy atom. The molecule has 3 nitrogen and oxygen atoms in total. The number of hydrogen-bond acceptors (Lipinski definition) is 2. The first-order valence-electron chi connectivity index (χ1n) is 4.98. The highest BCUT2D eigenvalue weighted by molar-refractivity contribution is 5.94. The lowest BCUT2D eigenvalue weighted by atomic mass is 10.2. The zero-order valence-corrected chi connectivity index (χ0v) is 9.26. The molecule has 0 unspecified atom stereocenters. The quantitative estimate of drug-likeness (QED) is 0.847. The summed E-state index contributed by atoms with van der Waals surface area (Å²) in [6.45, 7) is 2.65. The van der Waals surface area contributed by atoms with Crippen molar-refractivity contribution in [1.29, 1.82) is 0 Å². The third-order valence-corrected chi connectivity index (χ3v) is 2.17. The van der Waals surface area contributed by atoms with Crippen LogP contribution in [0.5, 0.6) is 0 Å². The van der Waals surface area contributed by atoms with Crippen molar-refractivity contribution in [2.24, 2.45) is 0 Å². The molecule has 0 saturated heterocycles. The molecule has 0 fully saturated rings. The Morgan fingerprint density at radius 2 is 2.12 bits per heavy atom. The van der Waals surface area contributed by atoms with Crippen LogP contribution in [0.4, 0.5) is 14.5 Å². The Morgan fingerprint density at radius 1 is 1.44 bits per heavy atom. The van der Waals surface area contributed by atoms with E-state index in [1.807, 2.05) is 6.92 Å². The standard InChI is InChI=1S/C11H14F2N2O/c1-3-14-7-11(16)15(2)10-5-4-8(12)6-9(10)13/h4-6,14H,3,7H2,1-2H3. The molecule has 0 saturated carbocycles. The third kappa shape index (κ3) is 3.00. The zero-order valence-electron chi connectivity index (χ0n) is 9.26. The Hall–Kier alpha value is -1.49. The minimum absolute atomic E-state index is 0.0734. The number of nitrogens with one attached hydrogen (secondary N) is 1. The molecule has 1 aromatic rings. The van der Waals surface area contributed by atoms with E-state index >= 15 is 0 Å². The number of hydrogen-bond donors (Lipinski definition) is 1. The van der Waals surface area contributed by atoms with Gasteiger partial charge in [-0.15, -0.1) is 0 Å². The van der Waals surface area contributed by atoms with Crippen LogP contribution in [0.2, 0.25) is 0 Å². The van der Waals surface area contributed by atoms with Crippen LogP contribution >= 0.6 is 0 Å². The van der Waals surface area contributed by atoms with E-state index < -0.39 is 11.6 Å². The Kier molecular flexibility index (Phi) is 4.37. The van der Waals surface area contributed by atoms with Gasteiger partial charge in [0.05, 0.1) is 12.2 Å². The molecule has 1 rings (SSSR count). The van der Waals surface area contributed by atoms with Gasteiger partial charge in [-0.05, 0) is 18.7 Å². The summed E-state index contributed by atoms with van der Waals surface area (Å²) in [5, 5.41) is 2.84. The molecular formula is C11H14F2N2O. The van der Waals surface area contributed by atoms with E-state index in [4.69, 9.17) is 0 Å². The SMILES string of the molecule is CCNCC(=O)N(C)c1ccc(F)cc1F. The highest BCUT2D eigenvalue weighted by atomic mass is 19.1. The van der Waals surface area contributed by atoms with E-state index in [2.05, 4.69) is 5.32 Å². The molecule has 1 amide bonds. The van der Waals surface area contributed by atoms with Crippen LogP contribution in [0, 0.1) is 11.6 Å². The van der Waals surface area contributed by atoms with Crippen LogP contribution in [0.1, 0.15) is 6.92 Å². The van der Waals surface area contributed by atoms with Gasteiger partial charge in [-0.1, -0.05) is 6.92 Å². The van der Waals surface area contributed by atoms with Crippen molar-refractivity contribution in [2.45, 2.75) is 6.92 Å². The minimum Gasteiger partial charge on any atom is -0.312 e. The summed E-state index contributed by atoms with van der Waals surface area (Å²) in [6.07, 6.45) is 0. The van der Waals surface area contributed by atoms with Crippen LogP contribution < -0.4 is 10.2 Å². The first-order valence-corrected chi connectivity index (χ1v) is 4.98. The van der Waals surface area contributed by atoms with E-state index in [0.29, 0.717) is 6.54 Å². The molecule has 0 atom stereocenters. The molecule has 16 heavy (non-hydrogen) atoms. The molecule has 0 aliphatic rings. The van der Waals surface area contributed by atoms with E-state index in [0.717, 1.165) is 17.0 Å². The maximum absolute atomic E-state index is 13.3. The average molecular weight is 228 g/mol. The van der Waals surface area contributed by atoms with Gasteiger partial charge in [0, 0.05) is 13.1 Å². The molecule has 0 heterocycles. The van der Waals surface area contributed by atoms with Gasteiger partial charge in [-0.25, -0.2) is 8.78 Å². The Bertz CT molecular complexity index is 382. The highest BCUT2D eigenvalue weighted by Crippen LogP contribution is 2.18. The molecule has 0 bridgehead atoms. The maximum Gasteiger partial charge on any atom is 0.240 e. The van der Waals surface area contributed by atoms with Crippen molar-refractivity contribution < 1.29 is 13.6 Å². The topological polar surface area (TPSA) is 32.3 Å². The van der Waals surface area contributed by atoms with E-state index in [1.54, 1.807) is 0 Å². The molecular weight excluding hydrogens is 214 g/mol. The predicted molar refractivity (Wildman–Crippen MR) is 58.3 cm³/mol. The van der Waals surface area contributed by atoms with Crippen molar-refractivity contribution in [3.05, 3.63) is 29.8 Å².